The number of aromatic nitrogens is 1. The van der Waals surface area contributed by atoms with E-state index in [2.05, 4.69) is 46.7 Å². The average molecular weight is 531 g/mol. The second-order valence-corrected chi connectivity index (χ2v) is 8.40. The van der Waals surface area contributed by atoms with Crippen molar-refractivity contribution in [3.8, 4) is 0 Å². The smallest absolute Gasteiger partial charge is 0.193 e. The molecule has 1 unspecified atom stereocenters. The normalized spacial score (nSPS) is 12.4. The van der Waals surface area contributed by atoms with E-state index in [0.717, 1.165) is 49.2 Å². The Hall–Kier alpha value is -1.39. The lowest BCUT2D eigenvalue weighted by Gasteiger charge is -2.25. The van der Waals surface area contributed by atoms with Gasteiger partial charge in [0.25, 0.3) is 0 Å². The van der Waals surface area contributed by atoms with Crippen LogP contribution in [-0.2, 0) is 12.8 Å². The van der Waals surface area contributed by atoms with E-state index < -0.39 is 0 Å². The van der Waals surface area contributed by atoms with Gasteiger partial charge in [-0.05, 0) is 23.6 Å². The average Bonchev–Trinajstić information content (AvgIpc) is 3.43. The number of nitrogens with zero attached hydrogens (tertiary/aromatic N) is 3. The highest BCUT2D eigenvalue weighted by molar-refractivity contribution is 14.0. The second kappa shape index (κ2) is 12.2. The molecule has 0 aromatic carbocycles. The highest BCUT2D eigenvalue weighted by atomic mass is 127. The molecule has 1 atom stereocenters. The highest BCUT2D eigenvalue weighted by Gasteiger charge is 2.14. The number of halogens is 1. The Labute approximate surface area is 191 Å². The second-order valence-electron chi connectivity index (χ2n) is 6.44. The van der Waals surface area contributed by atoms with Crippen LogP contribution in [0.25, 0.3) is 0 Å². The number of hydrogen-bond donors (Lipinski definition) is 1. The Bertz CT molecular complexity index is 788. The van der Waals surface area contributed by atoms with Gasteiger partial charge in [-0.2, -0.15) is 0 Å². The molecular weight excluding hydrogens is 503 g/mol. The number of aliphatic imine (C=N–C) groups is 1. The lowest BCUT2D eigenvalue weighted by atomic mass is 10.2. The van der Waals surface area contributed by atoms with Crippen LogP contribution in [0.1, 0.15) is 28.5 Å². The monoisotopic (exact) mass is 530 g/mol. The summed E-state index contributed by atoms with van der Waals surface area (Å²) in [6, 6.07) is 8.18. The fraction of sp³-hybridized carbons (Fsp3) is 0.400. The molecule has 0 aliphatic heterocycles. The number of hydrogen-bond acceptors (Lipinski definition) is 5. The Kier molecular flexibility index (Phi) is 10.0. The topological polar surface area (TPSA) is 53.7 Å². The van der Waals surface area contributed by atoms with Gasteiger partial charge in [-0.1, -0.05) is 13.0 Å². The zero-order valence-electron chi connectivity index (χ0n) is 16.2. The molecule has 0 saturated heterocycles. The largest absolute Gasteiger partial charge is 0.469 e. The van der Waals surface area contributed by atoms with E-state index in [1.807, 2.05) is 23.7 Å². The lowest BCUT2D eigenvalue weighted by Crippen LogP contribution is -2.41. The minimum atomic E-state index is 0. The van der Waals surface area contributed by atoms with E-state index in [4.69, 9.17) is 9.41 Å². The van der Waals surface area contributed by atoms with Crippen molar-refractivity contribution in [1.82, 2.24) is 15.2 Å². The van der Waals surface area contributed by atoms with E-state index in [1.165, 1.54) is 4.88 Å². The molecule has 28 heavy (non-hydrogen) atoms. The molecule has 0 fully saturated rings. The van der Waals surface area contributed by atoms with Gasteiger partial charge in [0, 0.05) is 61.9 Å². The SMILES string of the molecule is CC(CN(C)C(=NCCc1cccs1)NCCc1ccco1)c1nccs1.I. The Morgan fingerprint density at radius 1 is 1.25 bits per heavy atom. The summed E-state index contributed by atoms with van der Waals surface area (Å²) in [6.45, 7) is 4.65. The zero-order valence-corrected chi connectivity index (χ0v) is 20.2. The summed E-state index contributed by atoms with van der Waals surface area (Å²) >= 11 is 3.49. The molecule has 0 bridgehead atoms. The van der Waals surface area contributed by atoms with Gasteiger partial charge in [-0.25, -0.2) is 4.98 Å². The van der Waals surface area contributed by atoms with Crippen LogP contribution in [0.3, 0.4) is 0 Å². The van der Waals surface area contributed by atoms with E-state index in [-0.39, 0.29) is 24.0 Å². The van der Waals surface area contributed by atoms with Gasteiger partial charge in [0.2, 0.25) is 0 Å². The number of furan rings is 1. The number of rotatable bonds is 9. The molecule has 0 aliphatic carbocycles. The first kappa shape index (κ1) is 22.9. The van der Waals surface area contributed by atoms with Gasteiger partial charge >= 0.3 is 0 Å². The van der Waals surface area contributed by atoms with Crippen molar-refractivity contribution >= 4 is 52.6 Å². The van der Waals surface area contributed by atoms with Crippen molar-refractivity contribution in [2.45, 2.75) is 25.7 Å². The molecule has 0 spiro atoms. The van der Waals surface area contributed by atoms with Crippen LogP contribution >= 0.6 is 46.7 Å². The first-order chi connectivity index (χ1) is 13.2. The number of nitrogens with one attached hydrogen (secondary N) is 1. The van der Waals surface area contributed by atoms with E-state index in [1.54, 1.807) is 28.9 Å². The van der Waals surface area contributed by atoms with E-state index >= 15 is 0 Å². The van der Waals surface area contributed by atoms with Gasteiger partial charge in [-0.3, -0.25) is 4.99 Å². The number of guanidine groups is 1. The van der Waals surface area contributed by atoms with Crippen LogP contribution in [0.4, 0.5) is 0 Å². The van der Waals surface area contributed by atoms with Crippen LogP contribution in [0, 0.1) is 0 Å². The first-order valence-corrected chi connectivity index (χ1v) is 10.9. The third-order valence-electron chi connectivity index (χ3n) is 4.22. The van der Waals surface area contributed by atoms with Crippen LogP contribution in [-0.4, -0.2) is 42.5 Å². The van der Waals surface area contributed by atoms with Crippen molar-refractivity contribution < 1.29 is 4.42 Å². The van der Waals surface area contributed by atoms with E-state index in [0.29, 0.717) is 5.92 Å². The van der Waals surface area contributed by atoms with Gasteiger partial charge in [0.15, 0.2) is 5.96 Å². The van der Waals surface area contributed by atoms with Crippen LogP contribution in [0.5, 0.6) is 0 Å². The van der Waals surface area contributed by atoms with Crippen molar-refractivity contribution in [1.29, 1.82) is 0 Å². The number of thiazole rings is 1. The van der Waals surface area contributed by atoms with Crippen molar-refractivity contribution in [3.05, 3.63) is 63.1 Å². The lowest BCUT2D eigenvalue weighted by molar-refractivity contribution is 0.442. The molecule has 3 heterocycles. The fourth-order valence-corrected chi connectivity index (χ4v) is 4.23. The minimum absolute atomic E-state index is 0. The van der Waals surface area contributed by atoms with Crippen LogP contribution < -0.4 is 5.32 Å². The summed E-state index contributed by atoms with van der Waals surface area (Å²) in [6.07, 6.45) is 5.39. The first-order valence-electron chi connectivity index (χ1n) is 9.16. The Morgan fingerprint density at radius 3 is 2.82 bits per heavy atom. The summed E-state index contributed by atoms with van der Waals surface area (Å²) in [5.41, 5.74) is 0. The van der Waals surface area contributed by atoms with Crippen LogP contribution in [0.15, 0.2) is 56.9 Å². The molecule has 3 aromatic heterocycles. The highest BCUT2D eigenvalue weighted by Crippen LogP contribution is 2.18. The maximum absolute atomic E-state index is 5.42. The number of thiophene rings is 1. The summed E-state index contributed by atoms with van der Waals surface area (Å²) in [5, 5.41) is 8.80. The summed E-state index contributed by atoms with van der Waals surface area (Å²) in [7, 11) is 2.09. The molecule has 0 saturated carbocycles. The van der Waals surface area contributed by atoms with Crippen molar-refractivity contribution in [2.24, 2.45) is 4.99 Å². The maximum Gasteiger partial charge on any atom is 0.193 e. The summed E-state index contributed by atoms with van der Waals surface area (Å²) in [5.74, 6) is 2.28. The molecule has 3 aromatic rings. The van der Waals surface area contributed by atoms with E-state index in [9.17, 15) is 0 Å². The predicted molar refractivity (Wildman–Crippen MR) is 129 cm³/mol. The third kappa shape index (κ3) is 7.21. The molecule has 1 N–H and O–H groups in total. The molecule has 3 rings (SSSR count). The Morgan fingerprint density at radius 2 is 2.14 bits per heavy atom. The molecule has 0 radical (unpaired) electrons. The molecule has 8 heteroatoms. The quantitative estimate of drug-likeness (QED) is 0.244. The van der Waals surface area contributed by atoms with Gasteiger partial charge in [0.05, 0.1) is 11.3 Å². The molecule has 0 amide bonds. The predicted octanol–water partition coefficient (Wildman–Crippen LogP) is 4.88. The van der Waals surface area contributed by atoms with Crippen molar-refractivity contribution in [3.63, 3.8) is 0 Å². The van der Waals surface area contributed by atoms with Gasteiger partial charge in [0.1, 0.15) is 5.76 Å². The molecular formula is C20H27IN4OS2. The van der Waals surface area contributed by atoms with Crippen LogP contribution in [0.2, 0.25) is 0 Å². The van der Waals surface area contributed by atoms with Crippen molar-refractivity contribution in [2.75, 3.05) is 26.7 Å². The molecule has 152 valence electrons. The molecule has 5 nitrogen and oxygen atoms in total. The summed E-state index contributed by atoms with van der Waals surface area (Å²) < 4.78 is 5.42. The molecule has 0 aliphatic rings. The number of likely N-dealkylation sites (N-methyl/N-ethyl adjacent to an activating group) is 1. The van der Waals surface area contributed by atoms with Gasteiger partial charge < -0.3 is 14.6 Å². The third-order valence-corrected chi connectivity index (χ3v) is 6.16. The fourth-order valence-electron chi connectivity index (χ4n) is 2.84. The minimum Gasteiger partial charge on any atom is -0.469 e. The zero-order chi connectivity index (χ0) is 18.9. The van der Waals surface area contributed by atoms with Gasteiger partial charge in [-0.15, -0.1) is 46.7 Å². The standard InChI is InChI=1S/C20H26N4OS2.HI/c1-16(19-21-11-14-27-19)15-24(2)20(22-9-7-17-5-3-12-25-17)23-10-8-18-6-4-13-26-18;/h3-6,11-14,16H,7-10,15H2,1-2H3,(H,22,23);1H. The Balaban J connectivity index is 0.00000280. The summed E-state index contributed by atoms with van der Waals surface area (Å²) in [4.78, 5) is 12.8. The maximum atomic E-state index is 5.42.